The molecular weight excluding hydrogens is 383 g/mol. The van der Waals surface area contributed by atoms with E-state index in [1.807, 2.05) is 0 Å². The molecule has 2 heterocycles. The maximum absolute atomic E-state index is 12.4. The third-order valence-corrected chi connectivity index (χ3v) is 4.83. The van der Waals surface area contributed by atoms with E-state index in [4.69, 9.17) is 39.5 Å². The average Bonchev–Trinajstić information content (AvgIpc) is 2.92. The highest BCUT2D eigenvalue weighted by Crippen LogP contribution is 2.30. The second kappa shape index (κ2) is 6.13. The van der Waals surface area contributed by atoms with Crippen molar-refractivity contribution in [3.05, 3.63) is 54.7 Å². The molecule has 0 amide bonds. The normalized spacial score (nSPS) is 11.0. The van der Waals surface area contributed by atoms with Gasteiger partial charge in [0.15, 0.2) is 5.15 Å². The van der Waals surface area contributed by atoms with Crippen molar-refractivity contribution in [3.8, 4) is 5.69 Å². The van der Waals surface area contributed by atoms with Crippen molar-refractivity contribution in [1.82, 2.24) is 9.55 Å². The van der Waals surface area contributed by atoms with Gasteiger partial charge in [0.1, 0.15) is 9.71 Å². The Kier molecular flexibility index (Phi) is 4.33. The van der Waals surface area contributed by atoms with Crippen LogP contribution in [0, 0.1) is 0 Å². The lowest BCUT2D eigenvalue weighted by atomic mass is 10.3. The van der Waals surface area contributed by atoms with Crippen LogP contribution in [0.25, 0.3) is 16.0 Å². The molecular formula is C14H7Cl3N2O3S. The molecule has 5 nitrogen and oxygen atoms in total. The molecule has 1 aromatic carbocycles. The van der Waals surface area contributed by atoms with Gasteiger partial charge in [0.05, 0.1) is 23.3 Å². The molecule has 23 heavy (non-hydrogen) atoms. The molecule has 0 fully saturated rings. The number of thiophene rings is 1. The topological polar surface area (TPSA) is 61.2 Å². The van der Waals surface area contributed by atoms with Gasteiger partial charge in [-0.2, -0.15) is 0 Å². The maximum Gasteiger partial charge on any atom is 0.348 e. The minimum Gasteiger partial charge on any atom is -0.465 e. The molecule has 0 spiro atoms. The minimum absolute atomic E-state index is 0.221. The number of benzene rings is 1. The molecule has 0 saturated heterocycles. The number of nitrogens with zero attached hydrogens (tertiary/aromatic N) is 2. The van der Waals surface area contributed by atoms with Gasteiger partial charge in [-0.3, -0.25) is 9.36 Å². The highest BCUT2D eigenvalue weighted by Gasteiger charge is 2.19. The molecule has 0 N–H and O–H groups in total. The Labute approximate surface area is 149 Å². The van der Waals surface area contributed by atoms with E-state index in [0.717, 1.165) is 11.3 Å². The molecule has 0 aliphatic heterocycles. The monoisotopic (exact) mass is 388 g/mol. The van der Waals surface area contributed by atoms with E-state index in [-0.39, 0.29) is 10.2 Å². The number of hydrogen-bond acceptors (Lipinski definition) is 5. The van der Waals surface area contributed by atoms with Crippen LogP contribution in [0.1, 0.15) is 9.67 Å². The van der Waals surface area contributed by atoms with Crippen LogP contribution in [0.5, 0.6) is 0 Å². The van der Waals surface area contributed by atoms with Gasteiger partial charge < -0.3 is 4.74 Å². The van der Waals surface area contributed by atoms with E-state index in [1.54, 1.807) is 12.1 Å². The largest absolute Gasteiger partial charge is 0.465 e. The van der Waals surface area contributed by atoms with Crippen molar-refractivity contribution in [2.24, 2.45) is 0 Å². The second-order valence-electron chi connectivity index (χ2n) is 4.43. The van der Waals surface area contributed by atoms with Gasteiger partial charge in [0, 0.05) is 5.02 Å². The average molecular weight is 390 g/mol. The van der Waals surface area contributed by atoms with Crippen molar-refractivity contribution >= 4 is 62.5 Å². The van der Waals surface area contributed by atoms with Crippen LogP contribution >= 0.6 is 46.1 Å². The fraction of sp³-hybridized carbons (Fsp3) is 0.0714. The fourth-order valence-corrected chi connectivity index (χ4v) is 3.70. The number of hydrogen-bond donors (Lipinski definition) is 0. The van der Waals surface area contributed by atoms with Gasteiger partial charge in [0.2, 0.25) is 0 Å². The summed E-state index contributed by atoms with van der Waals surface area (Å²) in [5.41, 5.74) is 0.260. The number of carbonyl (C=O) groups excluding carboxylic acids is 1. The van der Waals surface area contributed by atoms with Crippen molar-refractivity contribution in [1.29, 1.82) is 0 Å². The molecule has 0 aliphatic rings. The number of ether oxygens (including phenoxy) is 1. The number of halogens is 3. The maximum atomic E-state index is 12.4. The third-order valence-electron chi connectivity index (χ3n) is 3.05. The predicted molar refractivity (Wildman–Crippen MR) is 91.6 cm³/mol. The smallest absolute Gasteiger partial charge is 0.348 e. The number of methoxy groups -OCH3 is 1. The molecule has 3 rings (SSSR count). The first-order chi connectivity index (χ1) is 10.9. The summed E-state index contributed by atoms with van der Waals surface area (Å²) in [7, 11) is 1.27. The van der Waals surface area contributed by atoms with E-state index >= 15 is 0 Å². The van der Waals surface area contributed by atoms with Crippen LogP contribution in [0.2, 0.25) is 15.2 Å². The van der Waals surface area contributed by atoms with Crippen molar-refractivity contribution in [2.45, 2.75) is 0 Å². The highest BCUT2D eigenvalue weighted by molar-refractivity contribution is 7.20. The molecule has 0 aliphatic carbocycles. The summed E-state index contributed by atoms with van der Waals surface area (Å²) < 4.78 is 5.99. The number of aromatic nitrogens is 2. The second-order valence-corrected chi connectivity index (χ2v) is 6.66. The third kappa shape index (κ3) is 2.83. The lowest BCUT2D eigenvalue weighted by Crippen LogP contribution is -2.20. The van der Waals surface area contributed by atoms with Crippen molar-refractivity contribution in [3.63, 3.8) is 0 Å². The molecule has 2 aromatic heterocycles. The van der Waals surface area contributed by atoms with E-state index in [1.165, 1.54) is 23.8 Å². The van der Waals surface area contributed by atoms with Crippen molar-refractivity contribution in [2.75, 3.05) is 7.11 Å². The summed E-state index contributed by atoms with van der Waals surface area (Å²) in [5, 5.41) is 0.486. The molecule has 0 atom stereocenters. The van der Waals surface area contributed by atoms with E-state index in [2.05, 4.69) is 4.98 Å². The molecule has 118 valence electrons. The number of carbonyl (C=O) groups is 1. The number of fused-ring (bicyclic) bond motifs is 1. The predicted octanol–water partition coefficient (Wildman–Crippen LogP) is 4.19. The summed E-state index contributed by atoms with van der Waals surface area (Å²) in [6, 6.07) is 6.22. The Morgan fingerprint density at radius 3 is 2.65 bits per heavy atom. The van der Waals surface area contributed by atoms with Crippen LogP contribution in [-0.2, 0) is 4.74 Å². The van der Waals surface area contributed by atoms with Gasteiger partial charge in [-0.25, -0.2) is 9.78 Å². The van der Waals surface area contributed by atoms with E-state index in [9.17, 15) is 9.59 Å². The number of rotatable bonds is 2. The fourth-order valence-electron chi connectivity index (χ4n) is 2.05. The first-order valence-electron chi connectivity index (χ1n) is 6.18. The van der Waals surface area contributed by atoms with Crippen molar-refractivity contribution < 1.29 is 9.53 Å². The Hall–Kier alpha value is -1.60. The zero-order valence-electron chi connectivity index (χ0n) is 11.5. The van der Waals surface area contributed by atoms with Gasteiger partial charge in [-0.15, -0.1) is 11.3 Å². The molecule has 0 saturated carbocycles. The Morgan fingerprint density at radius 1 is 1.26 bits per heavy atom. The number of esters is 1. The van der Waals surface area contributed by atoms with Crippen LogP contribution in [0.15, 0.2) is 29.1 Å². The quantitative estimate of drug-likeness (QED) is 0.616. The molecule has 0 bridgehead atoms. The zero-order valence-corrected chi connectivity index (χ0v) is 14.6. The van der Waals surface area contributed by atoms with Crippen LogP contribution in [0.4, 0.5) is 0 Å². The summed E-state index contributed by atoms with van der Waals surface area (Å²) in [6.45, 7) is 0. The first kappa shape index (κ1) is 16.3. The Balaban J connectivity index is 2.38. The Morgan fingerprint density at radius 2 is 2.00 bits per heavy atom. The summed E-state index contributed by atoms with van der Waals surface area (Å²) in [6.07, 6.45) is 0. The first-order valence-corrected chi connectivity index (χ1v) is 8.13. The van der Waals surface area contributed by atoms with Crippen LogP contribution in [0.3, 0.4) is 0 Å². The SMILES string of the molecule is COC(=O)c1cc2c(nc(Cl)c(=O)n2-c2ccc(Cl)cc2Cl)s1. The van der Waals surface area contributed by atoms with E-state index < -0.39 is 11.5 Å². The van der Waals surface area contributed by atoms with Gasteiger partial charge in [0.25, 0.3) is 5.56 Å². The van der Waals surface area contributed by atoms with Crippen LogP contribution < -0.4 is 5.56 Å². The summed E-state index contributed by atoms with van der Waals surface area (Å²) in [5.74, 6) is -0.523. The summed E-state index contributed by atoms with van der Waals surface area (Å²) in [4.78, 5) is 28.9. The Bertz CT molecular complexity index is 997. The summed E-state index contributed by atoms with van der Waals surface area (Å²) >= 11 is 19.1. The minimum atomic E-state index is -0.544. The lowest BCUT2D eigenvalue weighted by Gasteiger charge is -2.10. The molecule has 0 radical (unpaired) electrons. The highest BCUT2D eigenvalue weighted by atomic mass is 35.5. The van der Waals surface area contributed by atoms with Gasteiger partial charge >= 0.3 is 5.97 Å². The van der Waals surface area contributed by atoms with E-state index in [0.29, 0.717) is 25.9 Å². The molecule has 0 unspecified atom stereocenters. The standard InChI is InChI=1S/C14H7Cl3N2O3S/c1-22-14(21)10-5-9-12(23-10)18-11(17)13(20)19(9)8-3-2-6(15)4-7(8)16/h2-5H,1H3. The van der Waals surface area contributed by atoms with Crippen LogP contribution in [-0.4, -0.2) is 22.6 Å². The molecule has 3 aromatic rings. The molecule has 9 heteroatoms. The van der Waals surface area contributed by atoms with Gasteiger partial charge in [-0.05, 0) is 24.3 Å². The zero-order chi connectivity index (χ0) is 16.7. The van der Waals surface area contributed by atoms with Gasteiger partial charge in [-0.1, -0.05) is 34.8 Å². The lowest BCUT2D eigenvalue weighted by molar-refractivity contribution is 0.0606.